The van der Waals surface area contributed by atoms with Crippen molar-refractivity contribution in [2.75, 3.05) is 24.3 Å². The number of carbonyl (C=O) groups is 3. The summed E-state index contributed by atoms with van der Waals surface area (Å²) in [6.45, 7) is 0.767. The van der Waals surface area contributed by atoms with E-state index >= 15 is 0 Å². The molecule has 1 fully saturated rings. The van der Waals surface area contributed by atoms with E-state index in [1.807, 2.05) is 12.1 Å². The molecule has 0 N–H and O–H groups in total. The fourth-order valence-corrected chi connectivity index (χ4v) is 5.28. The van der Waals surface area contributed by atoms with Crippen molar-refractivity contribution in [3.8, 4) is 5.75 Å². The standard InChI is InChI=1S/C27H21FN2O4S/c1-34-21-12-6-17(7-13-21)24(31)22-23(16-2-8-19(28)9-3-16)30(27(33)25(22)32)20-10-4-18(5-11-20)26-29-14-15-35-26/h2-13,22-23H,14-15H2,1H3. The number of ketones is 2. The summed E-state index contributed by atoms with van der Waals surface area (Å²) in [6, 6.07) is 18.2. The fraction of sp³-hybridized carbons (Fsp3) is 0.185. The number of halogens is 1. The highest BCUT2D eigenvalue weighted by atomic mass is 32.2. The highest BCUT2D eigenvalue weighted by molar-refractivity contribution is 8.14. The van der Waals surface area contributed by atoms with Gasteiger partial charge in [-0.15, -0.1) is 11.8 Å². The lowest BCUT2D eigenvalue weighted by Crippen LogP contribution is -2.30. The van der Waals surface area contributed by atoms with Gasteiger partial charge in [-0.1, -0.05) is 24.3 Å². The van der Waals surface area contributed by atoms with Crippen molar-refractivity contribution in [3.63, 3.8) is 0 Å². The second-order valence-electron chi connectivity index (χ2n) is 8.19. The molecule has 5 rings (SSSR count). The first-order valence-corrected chi connectivity index (χ1v) is 12.1. The summed E-state index contributed by atoms with van der Waals surface area (Å²) in [6.07, 6.45) is 0. The van der Waals surface area contributed by atoms with Crippen LogP contribution in [0.3, 0.4) is 0 Å². The highest BCUT2D eigenvalue weighted by Crippen LogP contribution is 2.41. The van der Waals surface area contributed by atoms with Crippen LogP contribution in [0.4, 0.5) is 10.1 Å². The quantitative estimate of drug-likeness (QED) is 0.291. The van der Waals surface area contributed by atoms with Crippen LogP contribution in [0.25, 0.3) is 0 Å². The van der Waals surface area contributed by atoms with Gasteiger partial charge in [-0.3, -0.25) is 24.3 Å². The Balaban J connectivity index is 1.56. The molecule has 2 heterocycles. The molecule has 3 aromatic rings. The summed E-state index contributed by atoms with van der Waals surface area (Å²) < 4.78 is 18.8. The number of benzene rings is 3. The van der Waals surface area contributed by atoms with Crippen LogP contribution >= 0.6 is 11.8 Å². The summed E-state index contributed by atoms with van der Waals surface area (Å²) >= 11 is 1.66. The zero-order valence-electron chi connectivity index (χ0n) is 18.8. The number of thioether (sulfide) groups is 1. The minimum Gasteiger partial charge on any atom is -0.497 e. The first kappa shape index (κ1) is 23.0. The van der Waals surface area contributed by atoms with Gasteiger partial charge < -0.3 is 4.74 Å². The molecule has 8 heteroatoms. The molecule has 0 bridgehead atoms. The van der Waals surface area contributed by atoms with Gasteiger partial charge in [0, 0.05) is 29.1 Å². The van der Waals surface area contributed by atoms with Crippen LogP contribution in [0.15, 0.2) is 77.8 Å². The van der Waals surface area contributed by atoms with E-state index in [-0.39, 0.29) is 5.56 Å². The second kappa shape index (κ2) is 9.46. The van der Waals surface area contributed by atoms with Crippen molar-refractivity contribution in [2.45, 2.75) is 6.04 Å². The van der Waals surface area contributed by atoms with E-state index in [0.717, 1.165) is 22.9 Å². The van der Waals surface area contributed by atoms with Gasteiger partial charge >= 0.3 is 0 Å². The Morgan fingerprint density at radius 1 is 1.00 bits per heavy atom. The minimum atomic E-state index is -1.27. The fourth-order valence-electron chi connectivity index (χ4n) is 4.42. The summed E-state index contributed by atoms with van der Waals surface area (Å²) in [5.74, 6) is -2.26. The molecule has 1 amide bonds. The maximum absolute atomic E-state index is 13.7. The number of ether oxygens (including phenoxy) is 1. The second-order valence-corrected chi connectivity index (χ2v) is 9.27. The molecule has 0 aromatic heterocycles. The van der Waals surface area contributed by atoms with Crippen LogP contribution in [0.2, 0.25) is 0 Å². The molecule has 6 nitrogen and oxygen atoms in total. The van der Waals surface area contributed by atoms with Crippen LogP contribution in [-0.2, 0) is 9.59 Å². The van der Waals surface area contributed by atoms with Gasteiger partial charge in [0.1, 0.15) is 17.5 Å². The van der Waals surface area contributed by atoms with Gasteiger partial charge in [0.05, 0.1) is 18.2 Å². The molecule has 2 aliphatic rings. The van der Waals surface area contributed by atoms with E-state index in [4.69, 9.17) is 4.74 Å². The summed E-state index contributed by atoms with van der Waals surface area (Å²) in [5, 5.41) is 0.933. The van der Waals surface area contributed by atoms with E-state index in [2.05, 4.69) is 4.99 Å². The number of hydrogen-bond donors (Lipinski definition) is 0. The van der Waals surface area contributed by atoms with E-state index in [0.29, 0.717) is 17.0 Å². The van der Waals surface area contributed by atoms with Crippen molar-refractivity contribution in [2.24, 2.45) is 10.9 Å². The molecule has 176 valence electrons. The highest BCUT2D eigenvalue weighted by Gasteiger charge is 2.52. The zero-order chi connectivity index (χ0) is 24.5. The van der Waals surface area contributed by atoms with Crippen molar-refractivity contribution >= 4 is 40.0 Å². The average molecular weight is 489 g/mol. The molecular formula is C27H21FN2O4S. The number of anilines is 1. The van der Waals surface area contributed by atoms with Crippen LogP contribution in [-0.4, -0.2) is 41.9 Å². The van der Waals surface area contributed by atoms with Crippen LogP contribution in [0.5, 0.6) is 5.75 Å². The SMILES string of the molecule is COc1ccc(C(=O)C2C(=O)C(=O)N(c3ccc(C4=NCCS4)cc3)C2c2ccc(F)cc2)cc1. The van der Waals surface area contributed by atoms with Gasteiger partial charge in [0.2, 0.25) is 5.78 Å². The number of nitrogens with zero attached hydrogens (tertiary/aromatic N) is 2. The largest absolute Gasteiger partial charge is 0.497 e. The predicted octanol–water partition coefficient (Wildman–Crippen LogP) is 4.48. The third-order valence-corrected chi connectivity index (χ3v) is 7.18. The van der Waals surface area contributed by atoms with Crippen LogP contribution in [0.1, 0.15) is 27.5 Å². The van der Waals surface area contributed by atoms with Crippen molar-refractivity contribution < 1.29 is 23.5 Å². The minimum absolute atomic E-state index is 0.289. The Bertz CT molecular complexity index is 1320. The summed E-state index contributed by atoms with van der Waals surface area (Å²) in [7, 11) is 1.52. The molecule has 2 aliphatic heterocycles. The number of aliphatic imine (C=N–C) groups is 1. The molecule has 1 saturated heterocycles. The van der Waals surface area contributed by atoms with E-state index < -0.39 is 35.3 Å². The van der Waals surface area contributed by atoms with Gasteiger partial charge in [-0.05, 0) is 54.1 Å². The van der Waals surface area contributed by atoms with Crippen molar-refractivity contribution in [1.29, 1.82) is 0 Å². The number of Topliss-reactive ketones (excluding diaryl/α,β-unsaturated/α-hetero) is 2. The first-order chi connectivity index (χ1) is 17.0. The Kier molecular flexibility index (Phi) is 6.21. The van der Waals surface area contributed by atoms with E-state index in [9.17, 15) is 18.8 Å². The van der Waals surface area contributed by atoms with Crippen molar-refractivity contribution in [1.82, 2.24) is 0 Å². The third-order valence-electron chi connectivity index (χ3n) is 6.15. The number of carbonyl (C=O) groups excluding carboxylic acids is 3. The average Bonchev–Trinajstić information content (AvgIpc) is 3.52. The zero-order valence-corrected chi connectivity index (χ0v) is 19.6. The van der Waals surface area contributed by atoms with Gasteiger partial charge in [0.25, 0.3) is 5.91 Å². The lowest BCUT2D eigenvalue weighted by Gasteiger charge is -2.27. The summed E-state index contributed by atoms with van der Waals surface area (Å²) in [4.78, 5) is 45.8. The van der Waals surface area contributed by atoms with E-state index in [1.54, 1.807) is 48.2 Å². The van der Waals surface area contributed by atoms with Crippen molar-refractivity contribution in [3.05, 3.63) is 95.3 Å². The lowest BCUT2D eigenvalue weighted by atomic mass is 9.86. The first-order valence-electron chi connectivity index (χ1n) is 11.1. The van der Waals surface area contributed by atoms with Crippen LogP contribution < -0.4 is 9.64 Å². The predicted molar refractivity (Wildman–Crippen MR) is 133 cm³/mol. The number of methoxy groups -OCH3 is 1. The van der Waals surface area contributed by atoms with Gasteiger partial charge in [-0.25, -0.2) is 4.39 Å². The van der Waals surface area contributed by atoms with Gasteiger partial charge in [-0.2, -0.15) is 0 Å². The Morgan fingerprint density at radius 2 is 1.69 bits per heavy atom. The van der Waals surface area contributed by atoms with E-state index in [1.165, 1.54) is 36.3 Å². The summed E-state index contributed by atoms with van der Waals surface area (Å²) in [5.41, 5.74) is 2.20. The number of hydrogen-bond acceptors (Lipinski definition) is 6. The molecule has 0 radical (unpaired) electrons. The molecule has 3 aromatic carbocycles. The molecule has 0 spiro atoms. The van der Waals surface area contributed by atoms with Gasteiger partial charge in [0.15, 0.2) is 5.78 Å². The molecular weight excluding hydrogens is 467 g/mol. The van der Waals surface area contributed by atoms with Crippen LogP contribution in [0, 0.1) is 11.7 Å². The monoisotopic (exact) mass is 488 g/mol. The Hall–Kier alpha value is -3.78. The maximum Gasteiger partial charge on any atom is 0.295 e. The molecule has 2 atom stereocenters. The third kappa shape index (κ3) is 4.25. The number of amides is 1. The molecule has 2 unspecified atom stereocenters. The Morgan fingerprint density at radius 3 is 2.29 bits per heavy atom. The lowest BCUT2D eigenvalue weighted by molar-refractivity contribution is -0.135. The number of rotatable bonds is 6. The smallest absolute Gasteiger partial charge is 0.295 e. The topological polar surface area (TPSA) is 76.0 Å². The molecule has 0 saturated carbocycles. The molecule has 35 heavy (non-hydrogen) atoms. The molecule has 0 aliphatic carbocycles. The Labute approximate surface area is 205 Å². The normalized spacial score (nSPS) is 19.7. The maximum atomic E-state index is 13.7.